The molecule has 0 fully saturated rings. The third-order valence-electron chi connectivity index (χ3n) is 3.58. The van der Waals surface area contributed by atoms with Crippen LogP contribution < -0.4 is 11.3 Å². The summed E-state index contributed by atoms with van der Waals surface area (Å²) in [6, 6.07) is 7.77. The van der Waals surface area contributed by atoms with Gasteiger partial charge in [-0.3, -0.25) is 4.79 Å². The molecule has 2 heterocycles. The summed E-state index contributed by atoms with van der Waals surface area (Å²) < 4.78 is 17.3. The Kier molecular flexibility index (Phi) is 3.97. The number of hydrogen-bond donors (Lipinski definition) is 1. The number of aromatic nitrogens is 3. The van der Waals surface area contributed by atoms with Crippen molar-refractivity contribution in [1.82, 2.24) is 14.3 Å². The monoisotopic (exact) mass is 312 g/mol. The van der Waals surface area contributed by atoms with Crippen molar-refractivity contribution in [1.29, 1.82) is 0 Å². The first-order valence-electron chi connectivity index (χ1n) is 7.39. The number of rotatable bonds is 4. The van der Waals surface area contributed by atoms with Crippen LogP contribution in [0.15, 0.2) is 53.7 Å². The van der Waals surface area contributed by atoms with Crippen LogP contribution in [0, 0.1) is 5.82 Å². The zero-order chi connectivity index (χ0) is 16.4. The zero-order valence-corrected chi connectivity index (χ0v) is 12.7. The third kappa shape index (κ3) is 3.01. The predicted octanol–water partition coefficient (Wildman–Crippen LogP) is 2.83. The van der Waals surface area contributed by atoms with E-state index in [0.717, 1.165) is 12.1 Å². The van der Waals surface area contributed by atoms with E-state index in [2.05, 4.69) is 5.10 Å². The fourth-order valence-corrected chi connectivity index (χ4v) is 2.44. The molecule has 0 radical (unpaired) electrons. The van der Waals surface area contributed by atoms with Crippen molar-refractivity contribution in [2.75, 3.05) is 5.73 Å². The first kappa shape index (κ1) is 15.0. The Morgan fingerprint density at radius 1 is 1.22 bits per heavy atom. The molecule has 0 saturated carbocycles. The van der Waals surface area contributed by atoms with Crippen molar-refractivity contribution < 1.29 is 4.39 Å². The summed E-state index contributed by atoms with van der Waals surface area (Å²) >= 11 is 0. The second-order valence-electron chi connectivity index (χ2n) is 5.33. The van der Waals surface area contributed by atoms with Gasteiger partial charge in [0.25, 0.3) is 5.56 Å². The van der Waals surface area contributed by atoms with Gasteiger partial charge >= 0.3 is 0 Å². The van der Waals surface area contributed by atoms with Crippen molar-refractivity contribution in [3.05, 3.63) is 65.1 Å². The Morgan fingerprint density at radius 3 is 2.78 bits per heavy atom. The van der Waals surface area contributed by atoms with Gasteiger partial charge in [-0.2, -0.15) is 5.10 Å². The highest BCUT2D eigenvalue weighted by atomic mass is 19.1. The second kappa shape index (κ2) is 6.08. The Balaban J connectivity index is 1.99. The van der Waals surface area contributed by atoms with Gasteiger partial charge in [0.15, 0.2) is 0 Å². The summed E-state index contributed by atoms with van der Waals surface area (Å²) in [5.41, 5.74) is 7.74. The summed E-state index contributed by atoms with van der Waals surface area (Å²) in [4.78, 5) is 11.8. The molecule has 5 nitrogen and oxygen atoms in total. The highest BCUT2D eigenvalue weighted by molar-refractivity contribution is 5.65. The van der Waals surface area contributed by atoms with Gasteiger partial charge in [-0.15, -0.1) is 0 Å². The van der Waals surface area contributed by atoms with E-state index >= 15 is 0 Å². The minimum Gasteiger partial charge on any atom is -0.399 e. The van der Waals surface area contributed by atoms with Gasteiger partial charge in [-0.05, 0) is 30.7 Å². The quantitative estimate of drug-likeness (QED) is 0.753. The molecule has 0 atom stereocenters. The molecule has 0 amide bonds. The topological polar surface area (TPSA) is 65.8 Å². The summed E-state index contributed by atoms with van der Waals surface area (Å²) in [6.07, 6.45) is 5.93. The van der Waals surface area contributed by atoms with E-state index in [4.69, 9.17) is 5.73 Å². The third-order valence-corrected chi connectivity index (χ3v) is 3.58. The molecule has 23 heavy (non-hydrogen) atoms. The van der Waals surface area contributed by atoms with Gasteiger partial charge in [-0.1, -0.05) is 6.92 Å². The standard InChI is InChI=1S/C17H17FN4O/c1-2-7-21-11-14(4-6-17(21)23)22-10-12(9-20-22)15-5-3-13(19)8-16(15)18/h3-6,8-11H,2,7,19H2,1H3. The van der Waals surface area contributed by atoms with E-state index in [1.54, 1.807) is 46.0 Å². The second-order valence-corrected chi connectivity index (χ2v) is 5.33. The number of nitrogens with two attached hydrogens (primary N) is 1. The SMILES string of the molecule is CCCn1cc(-n2cc(-c3ccc(N)cc3F)cn2)ccc1=O. The molecule has 0 aliphatic rings. The molecule has 2 N–H and O–H groups in total. The summed E-state index contributed by atoms with van der Waals surface area (Å²) in [5.74, 6) is -0.388. The minimum absolute atomic E-state index is 0.0486. The number of halogens is 1. The van der Waals surface area contributed by atoms with Crippen molar-refractivity contribution in [3.63, 3.8) is 0 Å². The van der Waals surface area contributed by atoms with E-state index in [1.807, 2.05) is 6.92 Å². The Bertz CT molecular complexity index is 898. The molecular weight excluding hydrogens is 295 g/mol. The fourth-order valence-electron chi connectivity index (χ4n) is 2.44. The molecule has 0 bridgehead atoms. The van der Waals surface area contributed by atoms with Gasteiger partial charge in [0.05, 0.1) is 11.9 Å². The maximum absolute atomic E-state index is 14.0. The molecule has 2 aromatic heterocycles. The van der Waals surface area contributed by atoms with Crippen LogP contribution in [0.5, 0.6) is 0 Å². The number of nitrogens with zero attached hydrogens (tertiary/aromatic N) is 3. The fraction of sp³-hybridized carbons (Fsp3) is 0.176. The van der Waals surface area contributed by atoms with Crippen molar-refractivity contribution >= 4 is 5.69 Å². The lowest BCUT2D eigenvalue weighted by molar-refractivity contribution is 0.632. The lowest BCUT2D eigenvalue weighted by atomic mass is 10.1. The molecule has 3 aromatic rings. The van der Waals surface area contributed by atoms with Gasteiger partial charge in [0.1, 0.15) is 5.82 Å². The maximum Gasteiger partial charge on any atom is 0.250 e. The average Bonchev–Trinajstić information content (AvgIpc) is 2.99. The van der Waals surface area contributed by atoms with Crippen LogP contribution >= 0.6 is 0 Å². The maximum atomic E-state index is 14.0. The van der Waals surface area contributed by atoms with Crippen LogP contribution in [0.3, 0.4) is 0 Å². The zero-order valence-electron chi connectivity index (χ0n) is 12.7. The van der Waals surface area contributed by atoms with E-state index < -0.39 is 0 Å². The van der Waals surface area contributed by atoms with Gasteiger partial charge in [0.2, 0.25) is 0 Å². The molecular formula is C17H17FN4O. The average molecular weight is 312 g/mol. The van der Waals surface area contributed by atoms with E-state index in [0.29, 0.717) is 23.4 Å². The van der Waals surface area contributed by atoms with Crippen LogP contribution in [0.4, 0.5) is 10.1 Å². The molecule has 6 heteroatoms. The van der Waals surface area contributed by atoms with Crippen LogP contribution in [0.2, 0.25) is 0 Å². The largest absolute Gasteiger partial charge is 0.399 e. The lowest BCUT2D eigenvalue weighted by Crippen LogP contribution is -2.19. The summed E-state index contributed by atoms with van der Waals surface area (Å²) in [7, 11) is 0. The smallest absolute Gasteiger partial charge is 0.250 e. The van der Waals surface area contributed by atoms with Crippen LogP contribution in [0.25, 0.3) is 16.8 Å². The molecule has 1 aromatic carbocycles. The molecule has 118 valence electrons. The first-order chi connectivity index (χ1) is 11.1. The van der Waals surface area contributed by atoms with Crippen LogP contribution in [0.1, 0.15) is 13.3 Å². The highest BCUT2D eigenvalue weighted by Crippen LogP contribution is 2.24. The van der Waals surface area contributed by atoms with Crippen LogP contribution in [-0.4, -0.2) is 14.3 Å². The Labute approximate surface area is 132 Å². The molecule has 0 aliphatic heterocycles. The van der Waals surface area contributed by atoms with Crippen molar-refractivity contribution in [2.45, 2.75) is 19.9 Å². The van der Waals surface area contributed by atoms with Crippen molar-refractivity contribution in [3.8, 4) is 16.8 Å². The molecule has 3 rings (SSSR count). The summed E-state index contributed by atoms with van der Waals surface area (Å²) in [5, 5.41) is 4.26. The van der Waals surface area contributed by atoms with Gasteiger partial charge < -0.3 is 10.3 Å². The molecule has 0 saturated heterocycles. The van der Waals surface area contributed by atoms with Gasteiger partial charge in [-0.25, -0.2) is 9.07 Å². The molecule has 0 unspecified atom stereocenters. The minimum atomic E-state index is -0.388. The van der Waals surface area contributed by atoms with Gasteiger partial charge in [0, 0.05) is 41.8 Å². The number of benzene rings is 1. The van der Waals surface area contributed by atoms with E-state index in [-0.39, 0.29) is 11.4 Å². The predicted molar refractivity (Wildman–Crippen MR) is 87.9 cm³/mol. The number of nitrogen functional groups attached to an aromatic ring is 1. The number of hydrogen-bond acceptors (Lipinski definition) is 3. The van der Waals surface area contributed by atoms with Crippen LogP contribution in [-0.2, 0) is 6.54 Å². The Morgan fingerprint density at radius 2 is 2.04 bits per heavy atom. The Hall–Kier alpha value is -2.89. The normalized spacial score (nSPS) is 10.9. The number of anilines is 1. The lowest BCUT2D eigenvalue weighted by Gasteiger charge is -2.07. The number of pyridine rings is 1. The molecule has 0 spiro atoms. The first-order valence-corrected chi connectivity index (χ1v) is 7.39. The van der Waals surface area contributed by atoms with Crippen molar-refractivity contribution in [2.24, 2.45) is 0 Å². The number of aryl methyl sites for hydroxylation is 1. The molecule has 0 aliphatic carbocycles. The van der Waals surface area contributed by atoms with E-state index in [9.17, 15) is 9.18 Å². The highest BCUT2D eigenvalue weighted by Gasteiger charge is 2.09. The summed E-state index contributed by atoms with van der Waals surface area (Å²) in [6.45, 7) is 2.66. The van der Waals surface area contributed by atoms with E-state index in [1.165, 1.54) is 12.1 Å².